The molecule has 4 aliphatic heterocycles. The lowest BCUT2D eigenvalue weighted by Gasteiger charge is -2.62. The quantitative estimate of drug-likeness (QED) is 0.0334. The first-order valence-corrected chi connectivity index (χ1v) is 25.9. The molecule has 2 aromatic carbocycles. The zero-order valence-corrected chi connectivity index (χ0v) is 41.8. The molecule has 71 heavy (non-hydrogen) atoms. The summed E-state index contributed by atoms with van der Waals surface area (Å²) in [5, 5.41) is 36.0. The molecule has 0 radical (unpaired) electrons. The van der Waals surface area contributed by atoms with Gasteiger partial charge < -0.3 is 54.6 Å². The smallest absolute Gasteiger partial charge is 0.338 e. The highest BCUT2D eigenvalue weighted by molar-refractivity contribution is 8.00. The Kier molecular flexibility index (Phi) is 14.1. The van der Waals surface area contributed by atoms with E-state index in [9.17, 15) is 39.0 Å². The summed E-state index contributed by atoms with van der Waals surface area (Å²) in [6, 6.07) is 16.8. The van der Waals surface area contributed by atoms with Crippen LogP contribution in [0, 0.1) is 17.8 Å². The summed E-state index contributed by atoms with van der Waals surface area (Å²) >= 11 is 9.59. The lowest BCUT2D eigenvalue weighted by molar-refractivity contribution is -0.442. The summed E-state index contributed by atoms with van der Waals surface area (Å²) < 4.78 is 39.3. The number of benzene rings is 2. The number of urea groups is 1. The second kappa shape index (κ2) is 19.6. The number of esters is 3. The van der Waals surface area contributed by atoms with Crippen molar-refractivity contribution < 1.29 is 67.4 Å². The van der Waals surface area contributed by atoms with Crippen molar-refractivity contribution in [1.82, 2.24) is 16.0 Å². The number of ether oxygens (including phenoxy) is 6. The number of fused-ring (bicyclic) bond motifs is 3. The molecule has 0 aromatic heterocycles. The fourth-order valence-corrected chi connectivity index (χ4v) is 14.4. The first-order valence-electron chi connectivity index (χ1n) is 24.5. The minimum absolute atomic E-state index is 0.0677. The average molecular weight is 1020 g/mol. The molecule has 2 aromatic rings. The number of hydrogen-bond donors (Lipinski definition) is 5. The molecule has 19 heteroatoms. The van der Waals surface area contributed by atoms with Crippen molar-refractivity contribution in [3.63, 3.8) is 0 Å². The Morgan fingerprint density at radius 1 is 0.944 bits per heavy atom. The second-order valence-electron chi connectivity index (χ2n) is 20.1. The largest absolute Gasteiger partial charge is 0.460 e. The Hall–Kier alpha value is -4.82. The molecule has 6 fully saturated rings. The summed E-state index contributed by atoms with van der Waals surface area (Å²) in [4.78, 5) is 77.8. The van der Waals surface area contributed by atoms with Crippen LogP contribution in [0.3, 0.4) is 0 Å². The number of halogens is 1. The van der Waals surface area contributed by atoms with Crippen LogP contribution < -0.4 is 16.0 Å². The van der Waals surface area contributed by atoms with Gasteiger partial charge in [-0.1, -0.05) is 81.0 Å². The van der Waals surface area contributed by atoms with Gasteiger partial charge in [-0.15, -0.1) is 11.6 Å². The highest BCUT2D eigenvalue weighted by atomic mass is 35.5. The van der Waals surface area contributed by atoms with Gasteiger partial charge in [0.05, 0.1) is 29.4 Å². The third kappa shape index (κ3) is 8.48. The van der Waals surface area contributed by atoms with Gasteiger partial charge in [-0.2, -0.15) is 11.8 Å². The predicted molar refractivity (Wildman–Crippen MR) is 257 cm³/mol. The highest BCUT2D eigenvalue weighted by Crippen LogP contribution is 2.72. The minimum Gasteiger partial charge on any atom is -0.460 e. The molecule has 2 saturated carbocycles. The maximum absolute atomic E-state index is 14.9. The molecule has 3 amide bonds. The molecule has 7 aliphatic rings. The van der Waals surface area contributed by atoms with E-state index < -0.39 is 100 Å². The third-order valence-electron chi connectivity index (χ3n) is 15.8. The molecule has 1 unspecified atom stereocenters. The number of unbranched alkanes of at least 4 members (excludes halogenated alkanes) is 3. The van der Waals surface area contributed by atoms with Gasteiger partial charge in [-0.05, 0) is 62.8 Å². The van der Waals surface area contributed by atoms with Gasteiger partial charge >= 0.3 is 29.9 Å². The summed E-state index contributed by atoms with van der Waals surface area (Å²) in [5.74, 6) is -8.48. The van der Waals surface area contributed by atoms with Crippen molar-refractivity contribution in [2.45, 2.75) is 148 Å². The predicted octanol–water partition coefficient (Wildman–Crippen LogP) is 4.89. The van der Waals surface area contributed by atoms with E-state index in [1.165, 1.54) is 32.1 Å². The number of aliphatic hydroxyl groups is 2. The Morgan fingerprint density at radius 3 is 2.35 bits per heavy atom. The van der Waals surface area contributed by atoms with E-state index in [2.05, 4.69) is 22.5 Å². The van der Waals surface area contributed by atoms with Crippen LogP contribution in [-0.2, 0) is 53.6 Å². The molecular weight excluding hydrogens is 958 g/mol. The Balaban J connectivity index is 0.974. The summed E-state index contributed by atoms with van der Waals surface area (Å²) in [5.41, 5.74) is -5.59. The Morgan fingerprint density at radius 2 is 1.65 bits per heavy atom. The number of aliphatic hydroxyl groups excluding tert-OH is 1. The van der Waals surface area contributed by atoms with E-state index in [0.717, 1.165) is 18.6 Å². The van der Waals surface area contributed by atoms with Crippen molar-refractivity contribution >= 4 is 59.0 Å². The van der Waals surface area contributed by atoms with Gasteiger partial charge in [-0.3, -0.25) is 19.2 Å². The first-order chi connectivity index (χ1) is 33.8. The zero-order valence-electron chi connectivity index (χ0n) is 40.2. The maximum Gasteiger partial charge on any atom is 0.338 e. The van der Waals surface area contributed by atoms with Crippen LogP contribution in [0.15, 0.2) is 84.5 Å². The average Bonchev–Trinajstić information content (AvgIpc) is 4.04. The Labute approximate surface area is 421 Å². The summed E-state index contributed by atoms with van der Waals surface area (Å²) in [6.07, 6.45) is -1.18. The van der Waals surface area contributed by atoms with Crippen molar-refractivity contribution in [3.8, 4) is 0 Å². The third-order valence-corrected chi connectivity index (χ3v) is 17.8. The first kappa shape index (κ1) is 51.1. The molecule has 3 aliphatic carbocycles. The van der Waals surface area contributed by atoms with Crippen molar-refractivity contribution in [1.29, 1.82) is 0 Å². The van der Waals surface area contributed by atoms with Crippen LogP contribution in [0.25, 0.3) is 0 Å². The number of rotatable bonds is 18. The standard InChI is InChI=1S/C52H62ClN3O14S/c1-28(2)50-43(66-31(5)57)30(4)51-36-25-29(3)41(60)49(36,64)46(67-38(59)23-13-8-16-24-54-37(58)22-15-14-21-35-40-34(26-71-35)55-47(63)56-40)48(53,27-65-45(62)32-17-9-6-10-18-32)42(61)39(51)44(50)68-52(69-50,70-51)33-19-11-7-12-20-33/h6-7,9-12,17-20,25,30,34-36,39-40,42-44,46,61,64H,1,8,13-16,21-24,26-27H2,2-5H3,(H,54,58)(H2,55,56,63)/t30-,34+,35+,36-,39+,40+,42+,43-,44-,46-,48-,49-,50+,51+,52?/m1/s1. The van der Waals surface area contributed by atoms with Gasteiger partial charge in [-0.25, -0.2) is 9.59 Å². The van der Waals surface area contributed by atoms with Crippen molar-refractivity contribution in [2.24, 2.45) is 17.8 Å². The fraction of sp³-hybridized carbons (Fsp3) is 0.577. The molecule has 3 bridgehead atoms. The van der Waals surface area contributed by atoms with Crippen LogP contribution >= 0.6 is 23.4 Å². The number of carbonyl (C=O) groups is 6. The molecule has 382 valence electrons. The Bertz CT molecular complexity index is 2480. The van der Waals surface area contributed by atoms with Crippen LogP contribution in [0.1, 0.15) is 95.0 Å². The molecule has 4 heterocycles. The van der Waals surface area contributed by atoms with E-state index >= 15 is 0 Å². The van der Waals surface area contributed by atoms with Crippen LogP contribution in [0.5, 0.6) is 0 Å². The van der Waals surface area contributed by atoms with Crippen LogP contribution in [-0.4, -0.2) is 128 Å². The van der Waals surface area contributed by atoms with Gasteiger partial charge in [0, 0.05) is 60.6 Å². The molecule has 15 atom stereocenters. The number of hydrogen-bond acceptors (Lipinski definition) is 15. The van der Waals surface area contributed by atoms with E-state index in [4.69, 9.17) is 40.0 Å². The highest BCUT2D eigenvalue weighted by Gasteiger charge is 2.87. The fourth-order valence-electron chi connectivity index (χ4n) is 12.5. The van der Waals surface area contributed by atoms with Gasteiger partial charge in [0.1, 0.15) is 23.7 Å². The molecular formula is C52H62ClN3O14S. The maximum atomic E-state index is 14.9. The number of nitrogens with one attached hydrogen (secondary N) is 3. The number of thioether (sulfide) groups is 1. The van der Waals surface area contributed by atoms with E-state index in [0.29, 0.717) is 48.6 Å². The SMILES string of the molecule is C=C(C)[C@@]12OC3(c4ccccc4)O[C@@H]1[C@@H]1[C@H](O)[C@](Cl)(COC(=O)c4ccccc4)[C@@H](OC(=O)CCCCCNC(=O)CCCC[C@@H]4SC[C@@H]5NC(=O)N[C@@H]54)[C@]4(O)C(=O)C(C)=C[C@H]4[C@@]1(O3)[C@H](C)[C@H]2OC(C)=O. The van der Waals surface area contributed by atoms with Gasteiger partial charge in [0.2, 0.25) is 5.91 Å². The zero-order chi connectivity index (χ0) is 50.7. The summed E-state index contributed by atoms with van der Waals surface area (Å²) in [6.45, 7) is 9.87. The van der Waals surface area contributed by atoms with Gasteiger partial charge in [0.25, 0.3) is 0 Å². The lowest BCUT2D eigenvalue weighted by Crippen LogP contribution is -2.77. The molecule has 9 rings (SSSR count). The van der Waals surface area contributed by atoms with E-state index in [1.54, 1.807) is 62.4 Å². The molecule has 0 spiro atoms. The second-order valence-corrected chi connectivity index (χ2v) is 22.1. The monoisotopic (exact) mass is 1020 g/mol. The molecule has 17 nitrogen and oxygen atoms in total. The number of alkyl halides is 1. The normalized spacial score (nSPS) is 38.2. The minimum atomic E-state index is -2.80. The number of carbonyl (C=O) groups excluding carboxylic acids is 6. The number of ketones is 1. The summed E-state index contributed by atoms with van der Waals surface area (Å²) in [7, 11) is 0. The van der Waals surface area contributed by atoms with Crippen molar-refractivity contribution in [2.75, 3.05) is 18.9 Å². The number of Topliss-reactive ketones (excluding diaryl/α,β-unsaturated/α-hetero) is 1. The van der Waals surface area contributed by atoms with Gasteiger partial charge in [0.15, 0.2) is 23.1 Å². The molecule has 5 N–H and O–H groups in total. The lowest BCUT2D eigenvalue weighted by atomic mass is 9.52. The van der Waals surface area contributed by atoms with Crippen LogP contribution in [0.4, 0.5) is 4.79 Å². The van der Waals surface area contributed by atoms with Crippen LogP contribution in [0.2, 0.25) is 0 Å². The van der Waals surface area contributed by atoms with Crippen molar-refractivity contribution in [3.05, 3.63) is 95.6 Å². The topological polar surface area (TPSA) is 234 Å². The molecule has 4 saturated heterocycles. The van der Waals surface area contributed by atoms with E-state index in [-0.39, 0.29) is 48.0 Å². The number of amides is 3. The van der Waals surface area contributed by atoms with E-state index in [1.807, 2.05) is 11.8 Å².